The van der Waals surface area contributed by atoms with E-state index in [1.807, 2.05) is 49.4 Å². The maximum atomic E-state index is 12.7. The number of hydrogen-bond acceptors (Lipinski definition) is 5. The van der Waals surface area contributed by atoms with Gasteiger partial charge in [-0.15, -0.1) is 0 Å². The van der Waals surface area contributed by atoms with Crippen molar-refractivity contribution < 1.29 is 23.8 Å². The Labute approximate surface area is 180 Å². The van der Waals surface area contributed by atoms with Gasteiger partial charge in [0, 0.05) is 5.02 Å². The topological polar surface area (TPSA) is 61.8 Å². The largest absolute Gasteiger partial charge is 0.479 e. The molecule has 6 heteroatoms. The number of hydrogen-bond donors (Lipinski definition) is 0. The molecule has 5 nitrogen and oxygen atoms in total. The van der Waals surface area contributed by atoms with E-state index in [4.69, 9.17) is 25.8 Å². The zero-order chi connectivity index (χ0) is 21.5. The van der Waals surface area contributed by atoms with Gasteiger partial charge in [-0.05, 0) is 47.9 Å². The fraction of sp³-hybridized carbons (Fsp3) is 0.167. The van der Waals surface area contributed by atoms with E-state index < -0.39 is 18.0 Å². The summed E-state index contributed by atoms with van der Waals surface area (Å²) in [5.74, 6) is -0.650. The van der Waals surface area contributed by atoms with Gasteiger partial charge in [-0.25, -0.2) is 9.59 Å². The molecule has 0 aliphatic carbocycles. The normalized spacial score (nSPS) is 11.4. The number of methoxy groups -OCH3 is 1. The molecule has 0 amide bonds. The van der Waals surface area contributed by atoms with Crippen LogP contribution in [-0.4, -0.2) is 25.2 Å². The van der Waals surface area contributed by atoms with Crippen LogP contribution in [0.3, 0.4) is 0 Å². The molecule has 0 saturated carbocycles. The fourth-order valence-electron chi connectivity index (χ4n) is 2.85. The summed E-state index contributed by atoms with van der Waals surface area (Å²) in [6, 6.07) is 21.8. The molecule has 1 unspecified atom stereocenters. The molecule has 0 radical (unpaired) electrons. The molecule has 1 atom stereocenters. The molecule has 3 aromatic carbocycles. The van der Waals surface area contributed by atoms with E-state index in [0.29, 0.717) is 17.2 Å². The Kier molecular flexibility index (Phi) is 7.09. The zero-order valence-corrected chi connectivity index (χ0v) is 17.4. The molecule has 0 N–H and O–H groups in total. The van der Waals surface area contributed by atoms with Crippen LogP contribution in [-0.2, 0) is 9.53 Å². The summed E-state index contributed by atoms with van der Waals surface area (Å²) in [6.07, 6.45) is -0.450. The maximum Gasteiger partial charge on any atom is 0.352 e. The van der Waals surface area contributed by atoms with Crippen molar-refractivity contribution in [1.82, 2.24) is 0 Å². The summed E-state index contributed by atoms with van der Waals surface area (Å²) in [6.45, 7) is 1.81. The van der Waals surface area contributed by atoms with E-state index >= 15 is 0 Å². The van der Waals surface area contributed by atoms with Crippen LogP contribution in [0.2, 0.25) is 5.02 Å². The van der Waals surface area contributed by atoms with Gasteiger partial charge in [0.05, 0.1) is 7.11 Å². The molecule has 0 saturated heterocycles. The van der Waals surface area contributed by atoms with Gasteiger partial charge < -0.3 is 14.2 Å². The van der Waals surface area contributed by atoms with Crippen LogP contribution in [0.1, 0.15) is 23.7 Å². The Bertz CT molecular complexity index is 1020. The molecule has 0 aromatic heterocycles. The lowest BCUT2D eigenvalue weighted by atomic mass is 10.1. The van der Waals surface area contributed by atoms with Crippen molar-refractivity contribution in [2.45, 2.75) is 19.4 Å². The highest BCUT2D eigenvalue weighted by Gasteiger charge is 2.24. The number of esters is 2. The lowest BCUT2D eigenvalue weighted by molar-refractivity contribution is -0.142. The van der Waals surface area contributed by atoms with E-state index in [-0.39, 0.29) is 11.3 Å². The number of carbonyl (C=O) groups excluding carboxylic acids is 2. The predicted octanol–water partition coefficient (Wildman–Crippen LogP) is 5.56. The summed E-state index contributed by atoms with van der Waals surface area (Å²) in [5.41, 5.74) is 2.21. The molecular weight excluding hydrogens is 404 g/mol. The minimum absolute atomic E-state index is 0.0673. The Hall–Kier alpha value is -3.31. The predicted molar refractivity (Wildman–Crippen MR) is 115 cm³/mol. The van der Waals surface area contributed by atoms with Crippen LogP contribution in [0.25, 0.3) is 11.1 Å². The minimum Gasteiger partial charge on any atom is -0.479 e. The lowest BCUT2D eigenvalue weighted by Gasteiger charge is -2.17. The van der Waals surface area contributed by atoms with Crippen molar-refractivity contribution in [3.63, 3.8) is 0 Å². The molecule has 3 rings (SSSR count). The van der Waals surface area contributed by atoms with E-state index in [2.05, 4.69) is 0 Å². The zero-order valence-electron chi connectivity index (χ0n) is 16.6. The average Bonchev–Trinajstić information content (AvgIpc) is 2.79. The molecule has 0 heterocycles. The van der Waals surface area contributed by atoms with E-state index in [0.717, 1.165) is 11.1 Å². The van der Waals surface area contributed by atoms with Crippen LogP contribution in [0.4, 0.5) is 0 Å². The number of carbonyl (C=O) groups is 2. The molecule has 0 aliphatic heterocycles. The van der Waals surface area contributed by atoms with Crippen molar-refractivity contribution in [3.8, 4) is 22.6 Å². The average molecular weight is 425 g/mol. The van der Waals surface area contributed by atoms with Gasteiger partial charge >= 0.3 is 11.9 Å². The van der Waals surface area contributed by atoms with Crippen LogP contribution in [0.5, 0.6) is 11.5 Å². The first kappa shape index (κ1) is 21.4. The van der Waals surface area contributed by atoms with Crippen LogP contribution >= 0.6 is 11.6 Å². The van der Waals surface area contributed by atoms with Crippen molar-refractivity contribution in [1.29, 1.82) is 0 Å². The second-order valence-electron chi connectivity index (χ2n) is 6.46. The smallest absolute Gasteiger partial charge is 0.352 e. The van der Waals surface area contributed by atoms with Gasteiger partial charge in [0.1, 0.15) is 17.1 Å². The first-order chi connectivity index (χ1) is 14.5. The molecule has 0 aliphatic rings. The van der Waals surface area contributed by atoms with Gasteiger partial charge in [-0.1, -0.05) is 61.0 Å². The summed E-state index contributed by atoms with van der Waals surface area (Å²) in [4.78, 5) is 24.6. The summed E-state index contributed by atoms with van der Waals surface area (Å²) in [5, 5.41) is 0.331. The first-order valence-corrected chi connectivity index (χ1v) is 9.81. The number of halogens is 1. The summed E-state index contributed by atoms with van der Waals surface area (Å²) >= 11 is 5.94. The number of ether oxygens (including phenoxy) is 3. The maximum absolute atomic E-state index is 12.7. The molecule has 0 bridgehead atoms. The molecule has 154 valence electrons. The van der Waals surface area contributed by atoms with Crippen molar-refractivity contribution >= 4 is 23.5 Å². The Morgan fingerprint density at radius 1 is 0.933 bits per heavy atom. The molecule has 30 heavy (non-hydrogen) atoms. The second-order valence-corrected chi connectivity index (χ2v) is 6.89. The van der Waals surface area contributed by atoms with Gasteiger partial charge in [0.25, 0.3) is 0 Å². The molecule has 0 fully saturated rings. The first-order valence-electron chi connectivity index (χ1n) is 9.43. The van der Waals surface area contributed by atoms with Crippen molar-refractivity contribution in [2.24, 2.45) is 0 Å². The Morgan fingerprint density at radius 3 is 2.23 bits per heavy atom. The second kappa shape index (κ2) is 9.94. The monoisotopic (exact) mass is 424 g/mol. The summed E-state index contributed by atoms with van der Waals surface area (Å²) < 4.78 is 16.0. The van der Waals surface area contributed by atoms with Gasteiger partial charge in [0.2, 0.25) is 0 Å². The van der Waals surface area contributed by atoms with Crippen LogP contribution < -0.4 is 9.47 Å². The number of benzene rings is 3. The molecule has 3 aromatic rings. The Morgan fingerprint density at radius 2 is 1.60 bits per heavy atom. The third kappa shape index (κ3) is 5.19. The highest BCUT2D eigenvalue weighted by atomic mass is 35.5. The lowest BCUT2D eigenvalue weighted by Crippen LogP contribution is -2.31. The highest BCUT2D eigenvalue weighted by Crippen LogP contribution is 2.26. The van der Waals surface area contributed by atoms with Crippen LogP contribution in [0, 0.1) is 0 Å². The summed E-state index contributed by atoms with van der Waals surface area (Å²) in [7, 11) is 1.24. The molecular formula is C24H21ClO5. The van der Waals surface area contributed by atoms with E-state index in [9.17, 15) is 9.59 Å². The van der Waals surface area contributed by atoms with E-state index in [1.54, 1.807) is 12.1 Å². The highest BCUT2D eigenvalue weighted by molar-refractivity contribution is 6.31. The third-order valence-corrected chi connectivity index (χ3v) is 4.67. The minimum atomic E-state index is -0.839. The van der Waals surface area contributed by atoms with Crippen molar-refractivity contribution in [2.75, 3.05) is 7.11 Å². The Balaban J connectivity index is 1.72. The third-order valence-electron chi connectivity index (χ3n) is 4.43. The standard InChI is InChI=1S/C24H21ClO5/c1-3-21(24(27)30-22-14-11-18(25)15-20(22)23(26)28-2)29-19-12-9-17(10-13-19)16-7-5-4-6-8-16/h4-15,21H,3H2,1-2H3. The van der Waals surface area contributed by atoms with E-state index in [1.165, 1.54) is 25.3 Å². The van der Waals surface area contributed by atoms with Gasteiger partial charge in [-0.3, -0.25) is 0 Å². The van der Waals surface area contributed by atoms with Crippen LogP contribution in [0.15, 0.2) is 72.8 Å². The van der Waals surface area contributed by atoms with Crippen molar-refractivity contribution in [3.05, 3.63) is 83.4 Å². The fourth-order valence-corrected chi connectivity index (χ4v) is 3.03. The SMILES string of the molecule is CCC(Oc1ccc(-c2ccccc2)cc1)C(=O)Oc1ccc(Cl)cc1C(=O)OC. The quantitative estimate of drug-likeness (QED) is 0.367. The molecule has 0 spiro atoms. The van der Waals surface area contributed by atoms with Gasteiger partial charge in [0.15, 0.2) is 6.10 Å². The number of rotatable bonds is 7. The van der Waals surface area contributed by atoms with Gasteiger partial charge in [-0.2, -0.15) is 0 Å².